The van der Waals surface area contributed by atoms with E-state index >= 15 is 0 Å². The van der Waals surface area contributed by atoms with Crippen LogP contribution in [0.4, 0.5) is 11.4 Å². The quantitative estimate of drug-likeness (QED) is 0.0727. The van der Waals surface area contributed by atoms with Gasteiger partial charge in [0.1, 0.15) is 11.4 Å². The summed E-state index contributed by atoms with van der Waals surface area (Å²) in [6.07, 6.45) is 3.63. The van der Waals surface area contributed by atoms with Crippen molar-refractivity contribution in [3.05, 3.63) is 114 Å². The first kappa shape index (κ1) is 33.7. The summed E-state index contributed by atoms with van der Waals surface area (Å²) >= 11 is 1.37. The summed E-state index contributed by atoms with van der Waals surface area (Å²) in [5.74, 6) is 0.930. The number of rotatable bonds is 15. The maximum atomic E-state index is 13.4. The monoisotopic (exact) mass is 639 g/mol. The minimum absolute atomic E-state index is 0.0387. The molecule has 0 aliphatic rings. The molecule has 4 rings (SSSR count). The number of carbonyl (C=O) groups excluding carboxylic acids is 3. The molecular formula is C36H37N3O6S. The van der Waals surface area contributed by atoms with Gasteiger partial charge in [-0.1, -0.05) is 37.6 Å². The number of unbranched alkanes of at least 4 members (excludes halogenated alkanes) is 1. The van der Waals surface area contributed by atoms with Crippen LogP contribution in [-0.2, 0) is 9.59 Å². The predicted octanol–water partition coefficient (Wildman–Crippen LogP) is 7.02. The molecule has 0 spiro atoms. The summed E-state index contributed by atoms with van der Waals surface area (Å²) in [7, 11) is 3.06. The molecule has 0 fully saturated rings. The SMILES string of the molecule is CCCCOc1ccc(NC(=O)CSc2ccc(NC(=O)/C(=C/c3ccc(OC)c(OC)c3)NC(=O)c3ccccc3)cc2)cc1. The summed E-state index contributed by atoms with van der Waals surface area (Å²) in [6.45, 7) is 2.78. The molecule has 238 valence electrons. The maximum Gasteiger partial charge on any atom is 0.272 e. The van der Waals surface area contributed by atoms with Crippen LogP contribution in [0.2, 0.25) is 0 Å². The summed E-state index contributed by atoms with van der Waals surface area (Å²) in [5.41, 5.74) is 2.29. The van der Waals surface area contributed by atoms with Crippen molar-refractivity contribution in [1.82, 2.24) is 5.32 Å². The lowest BCUT2D eigenvalue weighted by Gasteiger charge is -2.13. The van der Waals surface area contributed by atoms with E-state index in [4.69, 9.17) is 14.2 Å². The number of benzene rings is 4. The minimum Gasteiger partial charge on any atom is -0.494 e. The Kier molecular flexibility index (Phi) is 12.7. The molecule has 0 unspecified atom stereocenters. The number of anilines is 2. The molecule has 0 aromatic heterocycles. The highest BCUT2D eigenvalue weighted by atomic mass is 32.2. The van der Waals surface area contributed by atoms with E-state index in [0.717, 1.165) is 23.5 Å². The molecule has 0 aliphatic carbocycles. The summed E-state index contributed by atoms with van der Waals surface area (Å²) in [5, 5.41) is 8.46. The van der Waals surface area contributed by atoms with Crippen LogP contribution in [0, 0.1) is 0 Å². The van der Waals surface area contributed by atoms with Crippen molar-refractivity contribution in [2.45, 2.75) is 24.7 Å². The zero-order valence-electron chi connectivity index (χ0n) is 26.0. The molecule has 3 N–H and O–H groups in total. The van der Waals surface area contributed by atoms with E-state index < -0.39 is 11.8 Å². The molecule has 0 bridgehead atoms. The fourth-order valence-corrected chi connectivity index (χ4v) is 4.90. The van der Waals surface area contributed by atoms with Crippen molar-refractivity contribution < 1.29 is 28.6 Å². The molecule has 46 heavy (non-hydrogen) atoms. The zero-order valence-corrected chi connectivity index (χ0v) is 26.8. The molecule has 10 heteroatoms. The van der Waals surface area contributed by atoms with Gasteiger partial charge in [0.05, 0.1) is 26.6 Å². The van der Waals surface area contributed by atoms with E-state index in [9.17, 15) is 14.4 Å². The second-order valence-corrected chi connectivity index (χ2v) is 11.1. The van der Waals surface area contributed by atoms with Crippen molar-refractivity contribution in [3.8, 4) is 17.2 Å². The summed E-state index contributed by atoms with van der Waals surface area (Å²) in [6, 6.07) is 28.2. The molecule has 0 saturated heterocycles. The van der Waals surface area contributed by atoms with Gasteiger partial charge in [0.25, 0.3) is 11.8 Å². The van der Waals surface area contributed by atoms with Crippen LogP contribution in [-0.4, -0.2) is 44.3 Å². The largest absolute Gasteiger partial charge is 0.494 e. The first-order chi connectivity index (χ1) is 22.4. The average Bonchev–Trinajstić information content (AvgIpc) is 3.08. The molecule has 4 aromatic rings. The fourth-order valence-electron chi connectivity index (χ4n) is 4.20. The second-order valence-electron chi connectivity index (χ2n) is 10.0. The molecule has 0 atom stereocenters. The van der Waals surface area contributed by atoms with E-state index in [2.05, 4.69) is 22.9 Å². The Morgan fingerprint density at radius 3 is 2.13 bits per heavy atom. The van der Waals surface area contributed by atoms with Crippen LogP contribution in [0.25, 0.3) is 6.08 Å². The number of carbonyl (C=O) groups is 3. The smallest absolute Gasteiger partial charge is 0.272 e. The standard InChI is InChI=1S/C36H37N3O6S/c1-4-5-21-45-29-16-12-27(13-17-29)37-34(40)24-46-30-18-14-28(15-19-30)38-36(42)31(39-35(41)26-9-7-6-8-10-26)22-25-11-20-32(43-2)33(23-25)44-3/h6-20,22-23H,4-5,21,24H2,1-3H3,(H,37,40)(H,38,42)(H,39,41)/b31-22-. The Morgan fingerprint density at radius 1 is 0.783 bits per heavy atom. The van der Waals surface area contributed by atoms with Crippen LogP contribution in [0.15, 0.2) is 108 Å². The van der Waals surface area contributed by atoms with Gasteiger partial charge in [-0.3, -0.25) is 14.4 Å². The molecule has 4 aromatic carbocycles. The lowest BCUT2D eigenvalue weighted by atomic mass is 10.1. The Hall–Kier alpha value is -5.22. The van der Waals surface area contributed by atoms with Crippen molar-refractivity contribution in [2.24, 2.45) is 0 Å². The molecule has 0 saturated carbocycles. The number of thioether (sulfide) groups is 1. The van der Waals surface area contributed by atoms with Gasteiger partial charge >= 0.3 is 0 Å². The maximum absolute atomic E-state index is 13.4. The lowest BCUT2D eigenvalue weighted by molar-refractivity contribution is -0.114. The Morgan fingerprint density at radius 2 is 1.46 bits per heavy atom. The highest BCUT2D eigenvalue weighted by Crippen LogP contribution is 2.28. The fraction of sp³-hybridized carbons (Fsp3) is 0.194. The van der Waals surface area contributed by atoms with Crippen molar-refractivity contribution in [3.63, 3.8) is 0 Å². The normalized spacial score (nSPS) is 10.9. The Bertz CT molecular complexity index is 1640. The summed E-state index contributed by atoms with van der Waals surface area (Å²) < 4.78 is 16.4. The zero-order chi connectivity index (χ0) is 32.7. The van der Waals surface area contributed by atoms with Crippen molar-refractivity contribution >= 4 is 46.9 Å². The topological polar surface area (TPSA) is 115 Å². The number of hydrogen-bond acceptors (Lipinski definition) is 7. The van der Waals surface area contributed by atoms with Crippen molar-refractivity contribution in [2.75, 3.05) is 37.2 Å². The van der Waals surface area contributed by atoms with Crippen molar-refractivity contribution in [1.29, 1.82) is 0 Å². The van der Waals surface area contributed by atoms with Crippen LogP contribution < -0.4 is 30.2 Å². The first-order valence-corrected chi connectivity index (χ1v) is 15.7. The van der Waals surface area contributed by atoms with Crippen LogP contribution in [0.3, 0.4) is 0 Å². The number of methoxy groups -OCH3 is 2. The number of amides is 3. The lowest BCUT2D eigenvalue weighted by Crippen LogP contribution is -2.30. The molecule has 0 aliphatic heterocycles. The molecule has 9 nitrogen and oxygen atoms in total. The van der Waals surface area contributed by atoms with E-state index in [1.54, 1.807) is 60.7 Å². The predicted molar refractivity (Wildman–Crippen MR) is 183 cm³/mol. The van der Waals surface area contributed by atoms with Gasteiger partial charge in [-0.15, -0.1) is 11.8 Å². The molecular weight excluding hydrogens is 602 g/mol. The van der Waals surface area contributed by atoms with E-state index in [-0.39, 0.29) is 17.4 Å². The highest BCUT2D eigenvalue weighted by Gasteiger charge is 2.16. The van der Waals surface area contributed by atoms with Crippen LogP contribution >= 0.6 is 11.8 Å². The number of nitrogens with one attached hydrogen (secondary N) is 3. The molecule has 0 heterocycles. The Balaban J connectivity index is 1.38. The van der Waals surface area contributed by atoms with E-state index in [1.807, 2.05) is 42.5 Å². The average molecular weight is 640 g/mol. The van der Waals surface area contributed by atoms with Gasteiger partial charge in [-0.25, -0.2) is 0 Å². The van der Waals surface area contributed by atoms with Gasteiger partial charge in [0.15, 0.2) is 11.5 Å². The second kappa shape index (κ2) is 17.3. The summed E-state index contributed by atoms with van der Waals surface area (Å²) in [4.78, 5) is 39.7. The van der Waals surface area contributed by atoms with E-state index in [0.29, 0.717) is 40.6 Å². The third-order valence-electron chi connectivity index (χ3n) is 6.63. The van der Waals surface area contributed by atoms with Gasteiger partial charge in [-0.2, -0.15) is 0 Å². The highest BCUT2D eigenvalue weighted by molar-refractivity contribution is 8.00. The van der Waals surface area contributed by atoms with Gasteiger partial charge < -0.3 is 30.2 Å². The first-order valence-electron chi connectivity index (χ1n) is 14.8. The molecule has 0 radical (unpaired) electrons. The minimum atomic E-state index is -0.513. The van der Waals surface area contributed by atoms with Gasteiger partial charge in [0, 0.05) is 21.8 Å². The van der Waals surface area contributed by atoms with Crippen LogP contribution in [0.5, 0.6) is 17.2 Å². The Labute approximate surface area is 273 Å². The van der Waals surface area contributed by atoms with E-state index in [1.165, 1.54) is 26.0 Å². The van der Waals surface area contributed by atoms with Gasteiger partial charge in [0.2, 0.25) is 5.91 Å². The van der Waals surface area contributed by atoms with Gasteiger partial charge in [-0.05, 0) is 90.9 Å². The third kappa shape index (κ3) is 10.2. The third-order valence-corrected chi connectivity index (χ3v) is 7.65. The van der Waals surface area contributed by atoms with Crippen LogP contribution in [0.1, 0.15) is 35.7 Å². The number of ether oxygens (including phenoxy) is 3. The molecule has 3 amide bonds. The number of hydrogen-bond donors (Lipinski definition) is 3.